The lowest BCUT2D eigenvalue weighted by atomic mass is 10.4. The quantitative estimate of drug-likeness (QED) is 0.249. The zero-order valence-electron chi connectivity index (χ0n) is 7.45. The second-order valence-corrected chi connectivity index (χ2v) is 3.49. The first-order chi connectivity index (χ1) is 6.61. The first kappa shape index (κ1) is 10.9. The summed E-state index contributed by atoms with van der Waals surface area (Å²) in [5.74, 6) is 0.247. The highest BCUT2D eigenvalue weighted by atomic mass is 32.1. The molecule has 0 bridgehead atoms. The molecule has 0 aliphatic carbocycles. The Hall–Kier alpha value is -1.21. The third-order valence-electron chi connectivity index (χ3n) is 1.36. The van der Waals surface area contributed by atoms with Gasteiger partial charge in [-0.25, -0.2) is 4.98 Å². The minimum absolute atomic E-state index is 0.247. The van der Waals surface area contributed by atoms with Crippen molar-refractivity contribution in [2.75, 3.05) is 7.05 Å². The zero-order chi connectivity index (χ0) is 10.6. The number of rotatable bonds is 2. The van der Waals surface area contributed by atoms with Gasteiger partial charge in [0.15, 0.2) is 10.2 Å². The summed E-state index contributed by atoms with van der Waals surface area (Å²) >= 11 is 8.72. The van der Waals surface area contributed by atoms with Crippen LogP contribution in [-0.4, -0.2) is 32.2 Å². The van der Waals surface area contributed by atoms with Crippen LogP contribution in [0.3, 0.4) is 0 Å². The number of thiol groups is 1. The molecule has 0 fully saturated rings. The molecule has 5 nitrogen and oxygen atoms in total. The molecule has 0 radical (unpaired) electrons. The largest absolute Gasteiger partial charge is 0.380 e. The van der Waals surface area contributed by atoms with Gasteiger partial charge in [-0.3, -0.25) is 9.99 Å². The van der Waals surface area contributed by atoms with Crippen molar-refractivity contribution in [2.45, 2.75) is 0 Å². The number of aromatic nitrogens is 2. The summed E-state index contributed by atoms with van der Waals surface area (Å²) in [6.45, 7) is 0. The van der Waals surface area contributed by atoms with E-state index in [0.717, 1.165) is 0 Å². The number of nitrogens with zero attached hydrogens (tertiary/aromatic N) is 4. The highest BCUT2D eigenvalue weighted by Gasteiger charge is 2.02. The number of thiocarbonyl (C=S) groups is 1. The Morgan fingerprint density at radius 1 is 1.64 bits per heavy atom. The standard InChI is InChI=1S/C7H9N5S2/c1-12(7(13)14)11-6(8)5-4-9-2-3-10-5/h2-4H,1H3,(H2,8,11)(H,13,14). The zero-order valence-corrected chi connectivity index (χ0v) is 9.16. The molecule has 2 N–H and O–H groups in total. The van der Waals surface area contributed by atoms with Crippen LogP contribution in [0.25, 0.3) is 0 Å². The third-order valence-corrected chi connectivity index (χ3v) is 1.91. The molecule has 1 heterocycles. The predicted molar refractivity (Wildman–Crippen MR) is 62.1 cm³/mol. The van der Waals surface area contributed by atoms with Crippen molar-refractivity contribution in [1.82, 2.24) is 15.0 Å². The second kappa shape index (κ2) is 4.87. The average Bonchev–Trinajstić information content (AvgIpc) is 2.19. The van der Waals surface area contributed by atoms with Crippen LogP contribution in [0.1, 0.15) is 5.69 Å². The Kier molecular flexibility index (Phi) is 3.78. The molecule has 0 aromatic carbocycles. The minimum Gasteiger partial charge on any atom is -0.380 e. The Balaban J connectivity index is 2.85. The van der Waals surface area contributed by atoms with E-state index in [1.807, 2.05) is 0 Å². The fourth-order valence-electron chi connectivity index (χ4n) is 0.687. The molecule has 74 valence electrons. The summed E-state index contributed by atoms with van der Waals surface area (Å²) in [6.07, 6.45) is 4.62. The molecule has 14 heavy (non-hydrogen) atoms. The van der Waals surface area contributed by atoms with Crippen LogP contribution in [-0.2, 0) is 0 Å². The van der Waals surface area contributed by atoms with Crippen LogP contribution in [0.5, 0.6) is 0 Å². The predicted octanol–water partition coefficient (Wildman–Crippen LogP) is 0.243. The first-order valence-corrected chi connectivity index (χ1v) is 4.54. The van der Waals surface area contributed by atoms with Gasteiger partial charge in [0.2, 0.25) is 0 Å². The van der Waals surface area contributed by atoms with Gasteiger partial charge in [0.1, 0.15) is 5.69 Å². The molecule has 0 amide bonds. The van der Waals surface area contributed by atoms with Gasteiger partial charge in [-0.2, -0.15) is 5.10 Å². The van der Waals surface area contributed by atoms with Crippen molar-refractivity contribution in [3.63, 3.8) is 0 Å². The van der Waals surface area contributed by atoms with E-state index < -0.39 is 0 Å². The summed E-state index contributed by atoms with van der Waals surface area (Å²) in [6, 6.07) is 0. The molecule has 7 heteroatoms. The molecular weight excluding hydrogens is 218 g/mol. The third kappa shape index (κ3) is 2.93. The maximum atomic E-state index is 5.65. The molecule has 0 spiro atoms. The van der Waals surface area contributed by atoms with Crippen molar-refractivity contribution in [2.24, 2.45) is 10.8 Å². The van der Waals surface area contributed by atoms with Crippen LogP contribution in [0.15, 0.2) is 23.7 Å². The van der Waals surface area contributed by atoms with Gasteiger partial charge in [0, 0.05) is 19.4 Å². The lowest BCUT2D eigenvalue weighted by molar-refractivity contribution is 0.564. The summed E-state index contributed by atoms with van der Waals surface area (Å²) in [5, 5.41) is 5.33. The maximum absolute atomic E-state index is 5.65. The van der Waals surface area contributed by atoms with Gasteiger partial charge in [0.05, 0.1) is 6.20 Å². The number of amidine groups is 1. The SMILES string of the molecule is CN(/N=C(\N)c1cnccn1)C(=S)S. The Labute approximate surface area is 92.4 Å². The van der Waals surface area contributed by atoms with Crippen molar-refractivity contribution in [3.05, 3.63) is 24.3 Å². The molecule has 1 aromatic heterocycles. The normalized spacial score (nSPS) is 11.1. The van der Waals surface area contributed by atoms with E-state index in [4.69, 9.17) is 18.0 Å². The van der Waals surface area contributed by atoms with Crippen LogP contribution in [0.4, 0.5) is 0 Å². The highest BCUT2D eigenvalue weighted by molar-refractivity contribution is 8.10. The molecule has 0 aliphatic heterocycles. The highest BCUT2D eigenvalue weighted by Crippen LogP contribution is 1.96. The molecule has 0 aliphatic rings. The van der Waals surface area contributed by atoms with E-state index in [0.29, 0.717) is 10.0 Å². The number of nitrogens with two attached hydrogens (primary N) is 1. The van der Waals surface area contributed by atoms with Gasteiger partial charge in [-0.1, -0.05) is 12.2 Å². The summed E-state index contributed by atoms with van der Waals surface area (Å²) in [4.78, 5) is 7.84. The van der Waals surface area contributed by atoms with E-state index in [-0.39, 0.29) is 5.84 Å². The van der Waals surface area contributed by atoms with E-state index in [1.54, 1.807) is 13.2 Å². The van der Waals surface area contributed by atoms with Gasteiger partial charge in [0.25, 0.3) is 0 Å². The van der Waals surface area contributed by atoms with E-state index in [9.17, 15) is 0 Å². The molecule has 0 unspecified atom stereocenters. The van der Waals surface area contributed by atoms with Crippen molar-refractivity contribution >= 4 is 35.0 Å². The van der Waals surface area contributed by atoms with Crippen LogP contribution < -0.4 is 5.73 Å². The van der Waals surface area contributed by atoms with Gasteiger partial charge in [-0.15, -0.1) is 12.6 Å². The van der Waals surface area contributed by atoms with Gasteiger partial charge in [-0.05, 0) is 0 Å². The molecule has 0 atom stereocenters. The lowest BCUT2D eigenvalue weighted by Crippen LogP contribution is -2.23. The summed E-state index contributed by atoms with van der Waals surface area (Å²) in [7, 11) is 1.65. The molecule has 1 rings (SSSR count). The lowest BCUT2D eigenvalue weighted by Gasteiger charge is -2.10. The van der Waals surface area contributed by atoms with Crippen LogP contribution >= 0.6 is 24.8 Å². The second-order valence-electron chi connectivity index (χ2n) is 2.38. The van der Waals surface area contributed by atoms with Crippen molar-refractivity contribution < 1.29 is 0 Å². The number of hydrogen-bond donors (Lipinski definition) is 2. The summed E-state index contributed by atoms with van der Waals surface area (Å²) in [5.41, 5.74) is 6.15. The molecular formula is C7H9N5S2. The van der Waals surface area contributed by atoms with E-state index in [1.165, 1.54) is 17.4 Å². The summed E-state index contributed by atoms with van der Waals surface area (Å²) < 4.78 is 0.330. The molecule has 1 aromatic rings. The van der Waals surface area contributed by atoms with Crippen LogP contribution in [0, 0.1) is 0 Å². The van der Waals surface area contributed by atoms with Crippen molar-refractivity contribution in [1.29, 1.82) is 0 Å². The first-order valence-electron chi connectivity index (χ1n) is 3.68. The Morgan fingerprint density at radius 3 is 2.86 bits per heavy atom. The Morgan fingerprint density at radius 2 is 2.36 bits per heavy atom. The average molecular weight is 227 g/mol. The van der Waals surface area contributed by atoms with E-state index >= 15 is 0 Å². The fourth-order valence-corrected chi connectivity index (χ4v) is 0.773. The Bertz CT molecular complexity index is 350. The van der Waals surface area contributed by atoms with E-state index in [2.05, 4.69) is 27.7 Å². The molecule has 0 saturated carbocycles. The van der Waals surface area contributed by atoms with Gasteiger partial charge >= 0.3 is 0 Å². The number of hydrazone groups is 1. The van der Waals surface area contributed by atoms with Crippen molar-refractivity contribution in [3.8, 4) is 0 Å². The maximum Gasteiger partial charge on any atom is 0.171 e. The smallest absolute Gasteiger partial charge is 0.171 e. The monoisotopic (exact) mass is 227 g/mol. The fraction of sp³-hybridized carbons (Fsp3) is 0.143. The van der Waals surface area contributed by atoms with Crippen LogP contribution in [0.2, 0.25) is 0 Å². The minimum atomic E-state index is 0.247. The van der Waals surface area contributed by atoms with Gasteiger partial charge < -0.3 is 5.73 Å². The number of hydrogen-bond acceptors (Lipinski definition) is 4. The molecule has 0 saturated heterocycles. The topological polar surface area (TPSA) is 67.4 Å².